The summed E-state index contributed by atoms with van der Waals surface area (Å²) in [5.41, 5.74) is 2.86. The molecule has 1 aliphatic rings. The molecule has 9 heteroatoms. The molecule has 1 saturated carbocycles. The lowest BCUT2D eigenvalue weighted by molar-refractivity contribution is -0.143. The second-order valence-electron chi connectivity index (χ2n) is 6.29. The van der Waals surface area contributed by atoms with Gasteiger partial charge in [-0.05, 0) is 49.6 Å². The van der Waals surface area contributed by atoms with Crippen LogP contribution in [0.15, 0.2) is 24.3 Å². The number of hydrogen-bond acceptors (Lipinski definition) is 1. The molecule has 1 aliphatic carbocycles. The van der Waals surface area contributed by atoms with Gasteiger partial charge in [-0.2, -0.15) is 26.3 Å². The van der Waals surface area contributed by atoms with Gasteiger partial charge in [0.25, 0.3) is 5.91 Å². The molecule has 140 valence electrons. The molecule has 1 fully saturated rings. The summed E-state index contributed by atoms with van der Waals surface area (Å²) in [4.78, 5) is 11.6. The number of amides is 1. The maximum Gasteiger partial charge on any atom is 0.416 e. The minimum atomic E-state index is -4.94. The number of primary amides is 1. The quantitative estimate of drug-likeness (QED) is 0.759. The van der Waals surface area contributed by atoms with Crippen molar-refractivity contribution in [2.24, 2.45) is 5.73 Å². The lowest BCUT2D eigenvalue weighted by Gasteiger charge is -2.16. The number of benzene rings is 1. The first kappa shape index (κ1) is 18.3. The fraction of sp³-hybridized carbons (Fsp3) is 0.353. The predicted octanol–water partition coefficient (Wildman–Crippen LogP) is 4.93. The van der Waals surface area contributed by atoms with Gasteiger partial charge in [0, 0.05) is 17.4 Å². The minimum Gasteiger partial charge on any atom is -0.366 e. The molecule has 0 bridgehead atoms. The summed E-state index contributed by atoms with van der Waals surface area (Å²) in [6, 6.07) is 2.59. The standard InChI is InChI=1S/C17H14F6N2O/c1-8-13(15(24)26)7-14(25(8)12-2-3-12)9-4-10(16(18,19)20)6-11(5-9)17(21,22)23/h4-7,12H,2-3H2,1H3,(H2,24,26). The maximum absolute atomic E-state index is 13.1. The predicted molar refractivity (Wildman–Crippen MR) is 81.4 cm³/mol. The zero-order chi connectivity index (χ0) is 19.4. The molecular weight excluding hydrogens is 362 g/mol. The number of alkyl halides is 6. The Kier molecular flexibility index (Phi) is 4.08. The van der Waals surface area contributed by atoms with Crippen molar-refractivity contribution in [3.05, 3.63) is 46.6 Å². The molecule has 1 aromatic heterocycles. The third-order valence-electron chi connectivity index (χ3n) is 4.35. The van der Waals surface area contributed by atoms with E-state index in [9.17, 15) is 31.1 Å². The maximum atomic E-state index is 13.1. The third-order valence-corrected chi connectivity index (χ3v) is 4.35. The second kappa shape index (κ2) is 5.78. The molecule has 2 aromatic rings. The second-order valence-corrected chi connectivity index (χ2v) is 6.29. The number of rotatable bonds is 3. The number of nitrogens with two attached hydrogens (primary N) is 1. The monoisotopic (exact) mass is 376 g/mol. The summed E-state index contributed by atoms with van der Waals surface area (Å²) in [6.07, 6.45) is -8.42. The van der Waals surface area contributed by atoms with Gasteiger partial charge in [-0.25, -0.2) is 0 Å². The van der Waals surface area contributed by atoms with E-state index in [0.29, 0.717) is 17.8 Å². The lowest BCUT2D eigenvalue weighted by atomic mass is 10.0. The normalized spacial score (nSPS) is 15.3. The highest BCUT2D eigenvalue weighted by Gasteiger charge is 2.38. The summed E-state index contributed by atoms with van der Waals surface area (Å²) in [5.74, 6) is -0.786. The van der Waals surface area contributed by atoms with Gasteiger partial charge >= 0.3 is 12.4 Å². The zero-order valence-electron chi connectivity index (χ0n) is 13.5. The van der Waals surface area contributed by atoms with E-state index in [2.05, 4.69) is 0 Å². The molecule has 1 heterocycles. The molecule has 3 nitrogen and oxygen atoms in total. The van der Waals surface area contributed by atoms with Crippen LogP contribution in [0, 0.1) is 6.92 Å². The Balaban J connectivity index is 2.27. The minimum absolute atomic E-state index is 0.0676. The fourth-order valence-electron chi connectivity index (χ4n) is 3.00. The molecule has 1 aromatic carbocycles. The van der Waals surface area contributed by atoms with Crippen LogP contribution in [0.3, 0.4) is 0 Å². The molecule has 0 radical (unpaired) electrons. The molecule has 2 N–H and O–H groups in total. The molecule has 0 saturated heterocycles. The van der Waals surface area contributed by atoms with Gasteiger partial charge in [0.05, 0.1) is 16.7 Å². The van der Waals surface area contributed by atoms with Gasteiger partial charge in [0.2, 0.25) is 0 Å². The SMILES string of the molecule is Cc1c(C(N)=O)cc(-c2cc(C(F)(F)F)cc(C(F)(F)F)c2)n1C1CC1. The van der Waals surface area contributed by atoms with E-state index >= 15 is 0 Å². The fourth-order valence-corrected chi connectivity index (χ4v) is 3.00. The Morgan fingerprint density at radius 1 is 1.00 bits per heavy atom. The summed E-state index contributed by atoms with van der Waals surface area (Å²) in [5, 5.41) is 0. The summed E-state index contributed by atoms with van der Waals surface area (Å²) in [6.45, 7) is 1.57. The van der Waals surface area contributed by atoms with Gasteiger partial charge in [-0.3, -0.25) is 4.79 Å². The van der Waals surface area contributed by atoms with Gasteiger partial charge in [-0.1, -0.05) is 0 Å². The van der Waals surface area contributed by atoms with Crippen molar-refractivity contribution in [1.29, 1.82) is 0 Å². The van der Waals surface area contributed by atoms with Crippen LogP contribution in [0.4, 0.5) is 26.3 Å². The van der Waals surface area contributed by atoms with Crippen molar-refractivity contribution in [2.75, 3.05) is 0 Å². The Morgan fingerprint density at radius 3 is 1.88 bits per heavy atom. The molecule has 0 spiro atoms. The number of aromatic nitrogens is 1. The van der Waals surface area contributed by atoms with Crippen LogP contribution in [0.5, 0.6) is 0 Å². The van der Waals surface area contributed by atoms with E-state index in [1.165, 1.54) is 6.07 Å². The Morgan fingerprint density at radius 2 is 1.50 bits per heavy atom. The smallest absolute Gasteiger partial charge is 0.366 e. The van der Waals surface area contributed by atoms with Crippen molar-refractivity contribution < 1.29 is 31.1 Å². The molecular formula is C17H14F6N2O. The van der Waals surface area contributed by atoms with E-state index in [4.69, 9.17) is 5.73 Å². The van der Waals surface area contributed by atoms with Crippen molar-refractivity contribution >= 4 is 5.91 Å². The van der Waals surface area contributed by atoms with E-state index < -0.39 is 29.4 Å². The summed E-state index contributed by atoms with van der Waals surface area (Å²) in [7, 11) is 0. The van der Waals surface area contributed by atoms with E-state index in [0.717, 1.165) is 12.8 Å². The van der Waals surface area contributed by atoms with E-state index in [1.54, 1.807) is 11.5 Å². The van der Waals surface area contributed by atoms with Crippen LogP contribution in [0.25, 0.3) is 11.3 Å². The topological polar surface area (TPSA) is 48.0 Å². The highest BCUT2D eigenvalue weighted by atomic mass is 19.4. The van der Waals surface area contributed by atoms with E-state index in [1.807, 2.05) is 0 Å². The molecule has 26 heavy (non-hydrogen) atoms. The van der Waals surface area contributed by atoms with Crippen molar-refractivity contribution in [1.82, 2.24) is 4.57 Å². The number of nitrogens with zero attached hydrogens (tertiary/aromatic N) is 1. The number of carbonyl (C=O) groups excluding carboxylic acids is 1. The van der Waals surface area contributed by atoms with Crippen LogP contribution in [-0.4, -0.2) is 10.5 Å². The Hall–Kier alpha value is -2.45. The highest BCUT2D eigenvalue weighted by molar-refractivity contribution is 5.95. The van der Waals surface area contributed by atoms with Crippen molar-refractivity contribution in [2.45, 2.75) is 38.2 Å². The average molecular weight is 376 g/mol. The Labute approximate surface area is 144 Å². The number of carbonyl (C=O) groups is 1. The molecule has 3 rings (SSSR count). The van der Waals surface area contributed by atoms with Crippen LogP contribution >= 0.6 is 0 Å². The summed E-state index contributed by atoms with van der Waals surface area (Å²) < 4.78 is 80.1. The van der Waals surface area contributed by atoms with Crippen LogP contribution in [0.2, 0.25) is 0 Å². The molecule has 0 aliphatic heterocycles. The van der Waals surface area contributed by atoms with Gasteiger partial charge < -0.3 is 10.3 Å². The number of hydrogen-bond donors (Lipinski definition) is 1. The highest BCUT2D eigenvalue weighted by Crippen LogP contribution is 2.44. The lowest BCUT2D eigenvalue weighted by Crippen LogP contribution is -2.12. The Bertz CT molecular complexity index is 842. The zero-order valence-corrected chi connectivity index (χ0v) is 13.5. The van der Waals surface area contributed by atoms with E-state index in [-0.39, 0.29) is 28.9 Å². The average Bonchev–Trinajstić information content (AvgIpc) is 3.27. The third kappa shape index (κ3) is 3.30. The van der Waals surface area contributed by atoms with Crippen LogP contribution in [0.1, 0.15) is 46.1 Å². The first-order chi connectivity index (χ1) is 11.9. The first-order valence-electron chi connectivity index (χ1n) is 7.71. The van der Waals surface area contributed by atoms with Crippen molar-refractivity contribution in [3.63, 3.8) is 0 Å². The van der Waals surface area contributed by atoms with Crippen LogP contribution in [-0.2, 0) is 12.4 Å². The van der Waals surface area contributed by atoms with Gasteiger partial charge in [0.1, 0.15) is 0 Å². The van der Waals surface area contributed by atoms with Crippen LogP contribution < -0.4 is 5.73 Å². The molecule has 0 atom stereocenters. The number of halogens is 6. The first-order valence-corrected chi connectivity index (χ1v) is 7.71. The molecule has 0 unspecified atom stereocenters. The molecule has 1 amide bonds. The summed E-state index contributed by atoms with van der Waals surface area (Å²) >= 11 is 0. The van der Waals surface area contributed by atoms with Gasteiger partial charge in [-0.15, -0.1) is 0 Å². The largest absolute Gasteiger partial charge is 0.416 e. The van der Waals surface area contributed by atoms with Gasteiger partial charge in [0.15, 0.2) is 0 Å². The van der Waals surface area contributed by atoms with Crippen molar-refractivity contribution in [3.8, 4) is 11.3 Å².